The van der Waals surface area contributed by atoms with Crippen LogP contribution in [0.5, 0.6) is 0 Å². The molecule has 0 spiro atoms. The highest BCUT2D eigenvalue weighted by molar-refractivity contribution is 6.42. The van der Waals surface area contributed by atoms with Crippen LogP contribution in [0.4, 0.5) is 0 Å². The molecule has 0 radical (unpaired) electrons. The smallest absolute Gasteiger partial charge is 0.0892 e. The Kier molecular flexibility index (Phi) is 3.61. The second-order valence-corrected chi connectivity index (χ2v) is 5.31. The maximum absolute atomic E-state index is 6.27. The van der Waals surface area contributed by atoms with Crippen molar-refractivity contribution in [3.05, 3.63) is 64.2 Å². The molecule has 1 atom stereocenters. The minimum atomic E-state index is -0.215. The summed E-state index contributed by atoms with van der Waals surface area (Å²) in [4.78, 5) is 4.10. The lowest BCUT2D eigenvalue weighted by molar-refractivity contribution is 0.727. The lowest BCUT2D eigenvalue weighted by atomic mass is 10.0. The average molecular weight is 307 g/mol. The van der Waals surface area contributed by atoms with E-state index in [1.54, 1.807) is 35.4 Å². The van der Waals surface area contributed by atoms with E-state index in [2.05, 4.69) is 10.1 Å². The Balaban J connectivity index is 1.93. The van der Waals surface area contributed by atoms with Gasteiger partial charge in [0.2, 0.25) is 0 Å². The first-order chi connectivity index (χ1) is 9.66. The predicted molar refractivity (Wildman–Crippen MR) is 80.1 cm³/mol. The number of halogens is 2. The molecule has 6 heteroatoms. The van der Waals surface area contributed by atoms with Gasteiger partial charge < -0.3 is 5.73 Å². The maximum Gasteiger partial charge on any atom is 0.0892 e. The number of fused-ring (bicyclic) bond motifs is 1. The van der Waals surface area contributed by atoms with Crippen LogP contribution in [0.3, 0.4) is 0 Å². The zero-order valence-corrected chi connectivity index (χ0v) is 12.0. The van der Waals surface area contributed by atoms with E-state index in [1.165, 1.54) is 0 Å². The lowest BCUT2D eigenvalue weighted by Gasteiger charge is -2.12. The first-order valence-electron chi connectivity index (χ1n) is 6.12. The van der Waals surface area contributed by atoms with Crippen LogP contribution >= 0.6 is 23.2 Å². The number of nitrogens with two attached hydrogens (primary N) is 1. The van der Waals surface area contributed by atoms with Gasteiger partial charge in [0.25, 0.3) is 0 Å². The van der Waals surface area contributed by atoms with Crippen molar-refractivity contribution in [3.8, 4) is 0 Å². The highest BCUT2D eigenvalue weighted by Gasteiger charge is 2.15. The molecular weight excluding hydrogens is 295 g/mol. The predicted octanol–water partition coefficient (Wildman–Crippen LogP) is 3.28. The van der Waals surface area contributed by atoms with Gasteiger partial charge in [-0.15, -0.1) is 0 Å². The fraction of sp³-hybridized carbons (Fsp3) is 0.143. The van der Waals surface area contributed by atoms with Crippen LogP contribution in [0.25, 0.3) is 5.52 Å². The molecule has 0 saturated heterocycles. The van der Waals surface area contributed by atoms with Crippen LogP contribution in [0.1, 0.15) is 17.2 Å². The minimum absolute atomic E-state index is 0.215. The van der Waals surface area contributed by atoms with Crippen molar-refractivity contribution < 1.29 is 0 Å². The number of aromatic nitrogens is 3. The molecule has 0 amide bonds. The van der Waals surface area contributed by atoms with E-state index in [9.17, 15) is 0 Å². The van der Waals surface area contributed by atoms with Gasteiger partial charge in [0.1, 0.15) is 0 Å². The van der Waals surface area contributed by atoms with Gasteiger partial charge in [-0.05, 0) is 18.1 Å². The molecule has 2 heterocycles. The highest BCUT2D eigenvalue weighted by atomic mass is 35.5. The van der Waals surface area contributed by atoms with E-state index in [0.717, 1.165) is 16.6 Å². The number of rotatable bonds is 3. The largest absolute Gasteiger partial charge is 0.324 e. The third-order valence-corrected chi connectivity index (χ3v) is 4.08. The van der Waals surface area contributed by atoms with Crippen LogP contribution in [-0.4, -0.2) is 14.6 Å². The summed E-state index contributed by atoms with van der Waals surface area (Å²) in [7, 11) is 0. The number of nitrogens with zero attached hydrogens (tertiary/aromatic N) is 3. The molecule has 2 N–H and O–H groups in total. The van der Waals surface area contributed by atoms with Crippen molar-refractivity contribution in [2.24, 2.45) is 5.73 Å². The third-order valence-electron chi connectivity index (χ3n) is 3.23. The van der Waals surface area contributed by atoms with Crippen molar-refractivity contribution in [1.29, 1.82) is 0 Å². The normalized spacial score (nSPS) is 12.8. The Morgan fingerprint density at radius 3 is 2.95 bits per heavy atom. The molecule has 3 aromatic rings. The van der Waals surface area contributed by atoms with Gasteiger partial charge in [-0.2, -0.15) is 5.10 Å². The second-order valence-electron chi connectivity index (χ2n) is 4.53. The van der Waals surface area contributed by atoms with E-state index in [1.807, 2.05) is 12.1 Å². The molecule has 0 fully saturated rings. The van der Waals surface area contributed by atoms with Crippen LogP contribution in [0.2, 0.25) is 10.0 Å². The van der Waals surface area contributed by atoms with E-state index >= 15 is 0 Å². The summed E-state index contributed by atoms with van der Waals surface area (Å²) in [5.74, 6) is 0. The molecule has 102 valence electrons. The lowest BCUT2D eigenvalue weighted by Crippen LogP contribution is -2.13. The summed E-state index contributed by atoms with van der Waals surface area (Å²) in [5, 5.41) is 5.35. The van der Waals surface area contributed by atoms with Crippen molar-refractivity contribution in [2.75, 3.05) is 0 Å². The topological polar surface area (TPSA) is 56.2 Å². The summed E-state index contributed by atoms with van der Waals surface area (Å²) >= 11 is 12.2. The molecule has 0 aliphatic rings. The van der Waals surface area contributed by atoms with Crippen LogP contribution in [-0.2, 0) is 6.42 Å². The number of benzene rings is 1. The summed E-state index contributed by atoms with van der Waals surface area (Å²) < 4.78 is 1.75. The monoisotopic (exact) mass is 306 g/mol. The summed E-state index contributed by atoms with van der Waals surface area (Å²) in [5.41, 5.74) is 9.04. The summed E-state index contributed by atoms with van der Waals surface area (Å²) in [6.07, 6.45) is 7.58. The minimum Gasteiger partial charge on any atom is -0.324 e. The molecular formula is C14H12Cl2N4. The fourth-order valence-corrected chi connectivity index (χ4v) is 2.59. The zero-order valence-electron chi connectivity index (χ0n) is 10.5. The standard InChI is InChI=1S/C14H12Cl2N4/c15-11-3-1-2-9(14(11)16)6-12(17)10-7-19-20-5-4-18-8-13(10)20/h1-5,7-8,12H,6,17H2. The van der Waals surface area contributed by atoms with Crippen molar-refractivity contribution in [3.63, 3.8) is 0 Å². The Bertz CT molecular complexity index is 754. The van der Waals surface area contributed by atoms with Gasteiger partial charge in [-0.3, -0.25) is 4.98 Å². The maximum atomic E-state index is 6.27. The fourth-order valence-electron chi connectivity index (χ4n) is 2.19. The van der Waals surface area contributed by atoms with Gasteiger partial charge in [-0.1, -0.05) is 35.3 Å². The zero-order chi connectivity index (χ0) is 14.1. The SMILES string of the molecule is NC(Cc1cccc(Cl)c1Cl)c1cnn2ccncc12. The van der Waals surface area contributed by atoms with Gasteiger partial charge in [0.15, 0.2) is 0 Å². The van der Waals surface area contributed by atoms with E-state index in [4.69, 9.17) is 28.9 Å². The van der Waals surface area contributed by atoms with Crippen molar-refractivity contribution in [1.82, 2.24) is 14.6 Å². The first-order valence-corrected chi connectivity index (χ1v) is 6.88. The molecule has 1 unspecified atom stereocenters. The van der Waals surface area contributed by atoms with Crippen molar-refractivity contribution in [2.45, 2.75) is 12.5 Å². The Morgan fingerprint density at radius 1 is 1.25 bits per heavy atom. The molecule has 0 saturated carbocycles. The molecule has 20 heavy (non-hydrogen) atoms. The van der Waals surface area contributed by atoms with Gasteiger partial charge >= 0.3 is 0 Å². The van der Waals surface area contributed by atoms with Crippen LogP contribution in [0.15, 0.2) is 43.0 Å². The molecule has 3 rings (SSSR count). The average Bonchev–Trinajstić information content (AvgIpc) is 2.88. The third kappa shape index (κ3) is 2.38. The van der Waals surface area contributed by atoms with Crippen LogP contribution in [0, 0.1) is 0 Å². The van der Waals surface area contributed by atoms with Gasteiger partial charge in [0.05, 0.1) is 28.0 Å². The van der Waals surface area contributed by atoms with E-state index in [-0.39, 0.29) is 6.04 Å². The summed E-state index contributed by atoms with van der Waals surface area (Å²) in [6, 6.07) is 5.34. The summed E-state index contributed by atoms with van der Waals surface area (Å²) in [6.45, 7) is 0. The first kappa shape index (κ1) is 13.4. The van der Waals surface area contributed by atoms with Crippen molar-refractivity contribution >= 4 is 28.7 Å². The number of hydrogen-bond acceptors (Lipinski definition) is 3. The molecule has 0 aliphatic carbocycles. The Labute approximate surface area is 126 Å². The van der Waals surface area contributed by atoms with Crippen LogP contribution < -0.4 is 5.73 Å². The molecule has 0 aliphatic heterocycles. The quantitative estimate of drug-likeness (QED) is 0.808. The van der Waals surface area contributed by atoms with E-state index < -0.39 is 0 Å². The van der Waals surface area contributed by atoms with E-state index in [0.29, 0.717) is 16.5 Å². The Morgan fingerprint density at radius 2 is 2.10 bits per heavy atom. The molecule has 2 aromatic heterocycles. The molecule has 1 aromatic carbocycles. The molecule has 0 bridgehead atoms. The highest BCUT2D eigenvalue weighted by Crippen LogP contribution is 2.29. The second kappa shape index (κ2) is 5.40. The molecule has 4 nitrogen and oxygen atoms in total. The van der Waals surface area contributed by atoms with Gasteiger partial charge in [-0.25, -0.2) is 4.52 Å². The van der Waals surface area contributed by atoms with Gasteiger partial charge in [0, 0.05) is 24.0 Å². The Hall–Kier alpha value is -1.62. The number of hydrogen-bond donors (Lipinski definition) is 1.